The highest BCUT2D eigenvalue weighted by Gasteiger charge is 2.21. The zero-order chi connectivity index (χ0) is 10.7. The van der Waals surface area contributed by atoms with Gasteiger partial charge in [0.05, 0.1) is 0 Å². The zero-order valence-electron chi connectivity index (χ0n) is 7.86. The molecule has 0 saturated carbocycles. The highest BCUT2D eigenvalue weighted by atomic mass is 16.2. The molecule has 8 nitrogen and oxygen atoms in total. The Bertz CT molecular complexity index is 352. The third kappa shape index (κ3) is 2.27. The molecule has 1 aliphatic heterocycles. The average Bonchev–Trinajstić information content (AvgIpc) is 2.74. The van der Waals surface area contributed by atoms with Gasteiger partial charge in [-0.3, -0.25) is 9.59 Å². The maximum absolute atomic E-state index is 11.4. The molecule has 1 aromatic rings. The molecule has 15 heavy (non-hydrogen) atoms. The number of H-pyrrole nitrogens is 1. The predicted molar refractivity (Wildman–Crippen MR) is 47.7 cm³/mol. The minimum atomic E-state index is -0.384. The minimum Gasteiger partial charge on any atom is -0.354 e. The number of aromatic nitrogens is 4. The van der Waals surface area contributed by atoms with Crippen LogP contribution in [0.3, 0.4) is 0 Å². The summed E-state index contributed by atoms with van der Waals surface area (Å²) >= 11 is 0. The van der Waals surface area contributed by atoms with Crippen molar-refractivity contribution in [1.29, 1.82) is 0 Å². The first kappa shape index (κ1) is 9.56. The molecule has 2 amide bonds. The highest BCUT2D eigenvalue weighted by Crippen LogP contribution is 2.02. The van der Waals surface area contributed by atoms with E-state index in [2.05, 4.69) is 31.3 Å². The van der Waals surface area contributed by atoms with Crippen molar-refractivity contribution >= 4 is 11.8 Å². The number of carbonyl (C=O) groups excluding carboxylic acids is 2. The van der Waals surface area contributed by atoms with Crippen LogP contribution in [0.2, 0.25) is 0 Å². The van der Waals surface area contributed by atoms with E-state index in [-0.39, 0.29) is 23.7 Å². The van der Waals surface area contributed by atoms with Crippen LogP contribution in [-0.2, 0) is 4.79 Å². The van der Waals surface area contributed by atoms with E-state index in [1.54, 1.807) is 0 Å². The van der Waals surface area contributed by atoms with Gasteiger partial charge in [-0.15, -0.1) is 10.2 Å². The second kappa shape index (κ2) is 4.03. The molecule has 1 atom stereocenters. The lowest BCUT2D eigenvalue weighted by molar-refractivity contribution is -0.122. The third-order valence-electron chi connectivity index (χ3n) is 2.15. The van der Waals surface area contributed by atoms with E-state index in [1.165, 1.54) is 0 Å². The monoisotopic (exact) mass is 210 g/mol. The van der Waals surface area contributed by atoms with Crippen molar-refractivity contribution < 1.29 is 9.59 Å². The normalized spacial score (nSPS) is 20.8. The molecule has 8 heteroatoms. The fourth-order valence-electron chi connectivity index (χ4n) is 1.36. The van der Waals surface area contributed by atoms with Crippen LogP contribution < -0.4 is 10.6 Å². The quantitative estimate of drug-likeness (QED) is 0.533. The Labute approximate surface area is 84.8 Å². The van der Waals surface area contributed by atoms with Gasteiger partial charge in [0.15, 0.2) is 0 Å². The van der Waals surface area contributed by atoms with Crippen LogP contribution in [0.15, 0.2) is 0 Å². The average molecular weight is 210 g/mol. The lowest BCUT2D eigenvalue weighted by atomic mass is 10.1. The molecular weight excluding hydrogens is 200 g/mol. The molecule has 2 rings (SSSR count). The van der Waals surface area contributed by atoms with Gasteiger partial charge < -0.3 is 10.6 Å². The maximum atomic E-state index is 11.4. The summed E-state index contributed by atoms with van der Waals surface area (Å²) in [6.07, 6.45) is 1.06. The number of nitrogens with one attached hydrogen (secondary N) is 3. The Morgan fingerprint density at radius 1 is 1.53 bits per heavy atom. The standard InChI is InChI=1S/C7H10N6O2/c14-5-2-1-4(3-8-5)9-7(15)6-10-12-13-11-6/h4H,1-3H2,(H,8,14)(H,9,15)(H,10,11,12,13). The van der Waals surface area contributed by atoms with Crippen molar-refractivity contribution in [2.75, 3.05) is 6.54 Å². The van der Waals surface area contributed by atoms with Crippen LogP contribution in [0, 0.1) is 0 Å². The number of aromatic amines is 1. The first-order chi connectivity index (χ1) is 7.25. The third-order valence-corrected chi connectivity index (χ3v) is 2.15. The molecule has 0 spiro atoms. The summed E-state index contributed by atoms with van der Waals surface area (Å²) in [7, 11) is 0. The van der Waals surface area contributed by atoms with Crippen LogP contribution in [0.5, 0.6) is 0 Å². The van der Waals surface area contributed by atoms with E-state index in [9.17, 15) is 9.59 Å². The Morgan fingerprint density at radius 2 is 2.40 bits per heavy atom. The summed E-state index contributed by atoms with van der Waals surface area (Å²) in [5.74, 6) is -0.364. The predicted octanol–water partition coefficient (Wildman–Crippen LogP) is -1.79. The molecule has 1 aromatic heterocycles. The number of rotatable bonds is 2. The number of tetrazole rings is 1. The molecule has 1 fully saturated rings. The van der Waals surface area contributed by atoms with E-state index >= 15 is 0 Å². The highest BCUT2D eigenvalue weighted by molar-refractivity contribution is 5.90. The molecule has 80 valence electrons. The summed E-state index contributed by atoms with van der Waals surface area (Å²) in [5.41, 5.74) is 0. The summed E-state index contributed by atoms with van der Waals surface area (Å²) in [5, 5.41) is 17.9. The maximum Gasteiger partial charge on any atom is 0.293 e. The fourth-order valence-corrected chi connectivity index (χ4v) is 1.36. The summed E-state index contributed by atoms with van der Waals surface area (Å²) in [4.78, 5) is 22.3. The van der Waals surface area contributed by atoms with Crippen molar-refractivity contribution in [3.8, 4) is 0 Å². The first-order valence-corrected chi connectivity index (χ1v) is 4.56. The van der Waals surface area contributed by atoms with Crippen LogP contribution in [0.1, 0.15) is 23.5 Å². The van der Waals surface area contributed by atoms with E-state index in [4.69, 9.17) is 0 Å². The largest absolute Gasteiger partial charge is 0.354 e. The van der Waals surface area contributed by atoms with Crippen molar-refractivity contribution in [3.63, 3.8) is 0 Å². The van der Waals surface area contributed by atoms with E-state index < -0.39 is 0 Å². The van der Waals surface area contributed by atoms with Crippen molar-refractivity contribution in [2.24, 2.45) is 0 Å². The van der Waals surface area contributed by atoms with E-state index in [0.29, 0.717) is 19.4 Å². The number of carbonyl (C=O) groups is 2. The Kier molecular flexibility index (Phi) is 2.57. The number of amides is 2. The van der Waals surface area contributed by atoms with Crippen molar-refractivity contribution in [3.05, 3.63) is 5.82 Å². The molecule has 0 aliphatic carbocycles. The van der Waals surface area contributed by atoms with Crippen molar-refractivity contribution in [2.45, 2.75) is 18.9 Å². The van der Waals surface area contributed by atoms with Gasteiger partial charge in [0, 0.05) is 19.0 Å². The molecule has 1 unspecified atom stereocenters. The molecule has 1 aliphatic rings. The van der Waals surface area contributed by atoms with Crippen molar-refractivity contribution in [1.82, 2.24) is 31.3 Å². The molecule has 3 N–H and O–H groups in total. The minimum absolute atomic E-state index is 0.00639. The van der Waals surface area contributed by atoms with E-state index in [0.717, 1.165) is 0 Å². The Hall–Kier alpha value is -1.99. The number of nitrogens with zero attached hydrogens (tertiary/aromatic N) is 3. The lowest BCUT2D eigenvalue weighted by Crippen LogP contribution is -2.47. The van der Waals surface area contributed by atoms with Gasteiger partial charge in [0.1, 0.15) is 0 Å². The lowest BCUT2D eigenvalue weighted by Gasteiger charge is -2.22. The van der Waals surface area contributed by atoms with Gasteiger partial charge in [-0.1, -0.05) is 0 Å². The molecular formula is C7H10N6O2. The number of hydrogen-bond acceptors (Lipinski definition) is 5. The van der Waals surface area contributed by atoms with E-state index in [1.807, 2.05) is 0 Å². The summed E-state index contributed by atoms with van der Waals surface area (Å²) in [6, 6.07) is -0.0614. The topological polar surface area (TPSA) is 113 Å². The zero-order valence-corrected chi connectivity index (χ0v) is 7.86. The Morgan fingerprint density at radius 3 is 3.00 bits per heavy atom. The van der Waals surface area contributed by atoms with Gasteiger partial charge in [0.25, 0.3) is 11.7 Å². The first-order valence-electron chi connectivity index (χ1n) is 4.56. The second-order valence-electron chi connectivity index (χ2n) is 3.25. The molecule has 1 saturated heterocycles. The molecule has 2 heterocycles. The van der Waals surface area contributed by atoms with Gasteiger partial charge in [0.2, 0.25) is 5.91 Å². The summed E-state index contributed by atoms with van der Waals surface area (Å²) < 4.78 is 0. The van der Waals surface area contributed by atoms with Crippen LogP contribution >= 0.6 is 0 Å². The van der Waals surface area contributed by atoms with Gasteiger partial charge >= 0.3 is 0 Å². The number of hydrogen-bond donors (Lipinski definition) is 3. The molecule has 0 radical (unpaired) electrons. The van der Waals surface area contributed by atoms with Crippen LogP contribution in [0.25, 0.3) is 0 Å². The van der Waals surface area contributed by atoms with Crippen LogP contribution in [0.4, 0.5) is 0 Å². The molecule has 0 aromatic carbocycles. The fraction of sp³-hybridized carbons (Fsp3) is 0.571. The number of piperidine rings is 1. The summed E-state index contributed by atoms with van der Waals surface area (Å²) in [6.45, 7) is 0.447. The van der Waals surface area contributed by atoms with Gasteiger partial charge in [-0.2, -0.15) is 5.21 Å². The second-order valence-corrected chi connectivity index (χ2v) is 3.25. The smallest absolute Gasteiger partial charge is 0.293 e. The van der Waals surface area contributed by atoms with Gasteiger partial charge in [-0.25, -0.2) is 0 Å². The van der Waals surface area contributed by atoms with Gasteiger partial charge in [-0.05, 0) is 11.6 Å². The Balaban J connectivity index is 1.87. The SMILES string of the molecule is O=C1CCC(NC(=O)c2nn[nH]n2)CN1. The van der Waals surface area contributed by atoms with Crippen LogP contribution in [-0.4, -0.2) is 45.0 Å². The molecule has 0 bridgehead atoms.